The average Bonchev–Trinajstić information content (AvgIpc) is 2.51. The van der Waals surface area contributed by atoms with Gasteiger partial charge >= 0.3 is 12.0 Å². The summed E-state index contributed by atoms with van der Waals surface area (Å²) >= 11 is 0. The molecule has 0 radical (unpaired) electrons. The predicted octanol–water partition coefficient (Wildman–Crippen LogP) is 0.844. The Morgan fingerprint density at radius 2 is 1.91 bits per heavy atom. The molecule has 1 aromatic rings. The smallest absolute Gasteiger partial charge is 0.331 e. The second-order valence-corrected chi connectivity index (χ2v) is 4.35. The molecule has 0 spiro atoms. The van der Waals surface area contributed by atoms with Crippen LogP contribution in [0.25, 0.3) is 6.08 Å². The number of urea groups is 1. The molecule has 1 atom stereocenters. The average molecular weight is 322 g/mol. The van der Waals surface area contributed by atoms with E-state index in [1.165, 1.54) is 27.2 Å². The topological polar surface area (TPSA) is 117 Å². The van der Waals surface area contributed by atoms with Gasteiger partial charge in [-0.05, 0) is 19.1 Å². The van der Waals surface area contributed by atoms with E-state index < -0.39 is 24.0 Å². The maximum absolute atomic E-state index is 11.7. The number of ether oxygens (including phenoxy) is 3. The molecule has 0 saturated heterocycles. The minimum Gasteiger partial charge on any atom is -0.493 e. The molecular formula is C15H18N2O6. The van der Waals surface area contributed by atoms with Gasteiger partial charge in [0.05, 0.1) is 14.2 Å². The third-order valence-corrected chi connectivity index (χ3v) is 2.74. The normalized spacial score (nSPS) is 11.6. The Bertz CT molecular complexity index is 626. The Kier molecular flexibility index (Phi) is 6.60. The zero-order chi connectivity index (χ0) is 17.4. The Morgan fingerprint density at radius 3 is 2.48 bits per heavy atom. The summed E-state index contributed by atoms with van der Waals surface area (Å²) in [5, 5.41) is 1.82. The van der Waals surface area contributed by atoms with Crippen LogP contribution in [0.2, 0.25) is 0 Å². The molecule has 0 saturated carbocycles. The fraction of sp³-hybridized carbons (Fsp3) is 0.267. The number of rotatable bonds is 6. The van der Waals surface area contributed by atoms with Crippen LogP contribution in [0.3, 0.4) is 0 Å². The third-order valence-electron chi connectivity index (χ3n) is 2.74. The predicted molar refractivity (Wildman–Crippen MR) is 81.9 cm³/mol. The summed E-state index contributed by atoms with van der Waals surface area (Å²) in [7, 11) is 2.97. The Morgan fingerprint density at radius 1 is 1.22 bits per heavy atom. The number of imide groups is 1. The van der Waals surface area contributed by atoms with Crippen LogP contribution in [0.4, 0.5) is 4.79 Å². The number of carbonyl (C=O) groups excluding carboxylic acids is 3. The number of nitrogens with one attached hydrogen (secondary N) is 1. The molecule has 0 aromatic heterocycles. The van der Waals surface area contributed by atoms with Crippen molar-refractivity contribution in [3.05, 3.63) is 29.8 Å². The first-order chi connectivity index (χ1) is 10.9. The van der Waals surface area contributed by atoms with Crippen LogP contribution in [0.5, 0.6) is 11.5 Å². The lowest BCUT2D eigenvalue weighted by molar-refractivity contribution is -0.149. The zero-order valence-electron chi connectivity index (χ0n) is 13.0. The van der Waals surface area contributed by atoms with E-state index in [0.29, 0.717) is 17.1 Å². The molecule has 124 valence electrons. The Labute approximate surface area is 133 Å². The van der Waals surface area contributed by atoms with Crippen LogP contribution in [0.15, 0.2) is 24.3 Å². The van der Waals surface area contributed by atoms with Gasteiger partial charge in [0.15, 0.2) is 17.6 Å². The highest BCUT2D eigenvalue weighted by Gasteiger charge is 2.17. The number of hydrogen-bond acceptors (Lipinski definition) is 6. The summed E-state index contributed by atoms with van der Waals surface area (Å²) in [5.74, 6) is -0.601. The van der Waals surface area contributed by atoms with E-state index in [0.717, 1.165) is 6.08 Å². The lowest BCUT2D eigenvalue weighted by atomic mass is 10.1. The van der Waals surface area contributed by atoms with Crippen LogP contribution in [-0.4, -0.2) is 38.2 Å². The monoisotopic (exact) mass is 322 g/mol. The summed E-state index contributed by atoms with van der Waals surface area (Å²) in [4.78, 5) is 33.6. The van der Waals surface area contributed by atoms with Gasteiger partial charge in [0.2, 0.25) is 0 Å². The number of esters is 1. The molecule has 1 aromatic carbocycles. The van der Waals surface area contributed by atoms with Gasteiger partial charge in [0.1, 0.15) is 0 Å². The highest BCUT2D eigenvalue weighted by molar-refractivity contribution is 5.97. The molecule has 3 N–H and O–H groups in total. The second kappa shape index (κ2) is 8.42. The highest BCUT2D eigenvalue weighted by atomic mass is 16.5. The molecule has 0 aliphatic carbocycles. The first-order valence-corrected chi connectivity index (χ1v) is 6.59. The van der Waals surface area contributed by atoms with E-state index >= 15 is 0 Å². The fourth-order valence-corrected chi connectivity index (χ4v) is 1.69. The van der Waals surface area contributed by atoms with Gasteiger partial charge in [0, 0.05) is 11.6 Å². The molecule has 0 bridgehead atoms. The van der Waals surface area contributed by atoms with Crippen molar-refractivity contribution in [3.63, 3.8) is 0 Å². The van der Waals surface area contributed by atoms with Crippen LogP contribution < -0.4 is 20.5 Å². The van der Waals surface area contributed by atoms with Crippen molar-refractivity contribution in [2.45, 2.75) is 13.0 Å². The molecule has 0 unspecified atom stereocenters. The largest absolute Gasteiger partial charge is 0.493 e. The number of hydrogen-bond donors (Lipinski definition) is 2. The maximum atomic E-state index is 11.7. The summed E-state index contributed by atoms with van der Waals surface area (Å²) in [6.07, 6.45) is 1.43. The van der Waals surface area contributed by atoms with Crippen molar-refractivity contribution in [2.24, 2.45) is 5.73 Å². The zero-order valence-corrected chi connectivity index (χ0v) is 13.0. The summed E-state index contributed by atoms with van der Waals surface area (Å²) in [6, 6.07) is 4.14. The molecule has 0 fully saturated rings. The lowest BCUT2D eigenvalue weighted by Crippen LogP contribution is -2.42. The minimum atomic E-state index is -1.16. The van der Waals surface area contributed by atoms with Crippen molar-refractivity contribution < 1.29 is 28.6 Å². The first kappa shape index (κ1) is 18.0. The van der Waals surface area contributed by atoms with Gasteiger partial charge in [-0.15, -0.1) is 0 Å². The summed E-state index contributed by atoms with van der Waals surface area (Å²) in [6.45, 7) is 1.32. The van der Waals surface area contributed by atoms with Crippen molar-refractivity contribution in [2.75, 3.05) is 14.2 Å². The number of carbonyl (C=O) groups is 3. The van der Waals surface area contributed by atoms with E-state index in [9.17, 15) is 14.4 Å². The van der Waals surface area contributed by atoms with E-state index in [1.807, 2.05) is 5.32 Å². The highest BCUT2D eigenvalue weighted by Crippen LogP contribution is 2.31. The van der Waals surface area contributed by atoms with Gasteiger partial charge in [-0.2, -0.15) is 0 Å². The molecule has 8 nitrogen and oxygen atoms in total. The third kappa shape index (κ3) is 5.34. The van der Waals surface area contributed by atoms with E-state index in [1.54, 1.807) is 18.2 Å². The maximum Gasteiger partial charge on any atom is 0.331 e. The summed E-state index contributed by atoms with van der Waals surface area (Å²) < 4.78 is 15.2. The molecule has 3 amide bonds. The number of methoxy groups -OCH3 is 2. The van der Waals surface area contributed by atoms with Crippen molar-refractivity contribution in [3.8, 4) is 11.5 Å². The molecule has 8 heteroatoms. The molecule has 0 aliphatic rings. The number of nitrogens with two attached hydrogens (primary N) is 1. The Hall–Kier alpha value is -3.03. The number of benzene rings is 1. The van der Waals surface area contributed by atoms with Crippen molar-refractivity contribution in [1.29, 1.82) is 0 Å². The van der Waals surface area contributed by atoms with Gasteiger partial charge in [0.25, 0.3) is 5.91 Å². The molecule has 1 rings (SSSR count). The summed E-state index contributed by atoms with van der Waals surface area (Å²) in [5.41, 5.74) is 5.40. The van der Waals surface area contributed by atoms with Gasteiger partial charge in [-0.1, -0.05) is 12.1 Å². The van der Waals surface area contributed by atoms with Crippen LogP contribution in [-0.2, 0) is 14.3 Å². The van der Waals surface area contributed by atoms with Crippen molar-refractivity contribution in [1.82, 2.24) is 5.32 Å². The van der Waals surface area contributed by atoms with Crippen LogP contribution in [0, 0.1) is 0 Å². The molecular weight excluding hydrogens is 304 g/mol. The fourth-order valence-electron chi connectivity index (χ4n) is 1.69. The standard InChI is InChI=1S/C15H18N2O6/c1-9(14(19)17-15(16)20)23-12(18)8-7-10-5-4-6-11(21-2)13(10)22-3/h4-9H,1-3H3,(H3,16,17,19,20)/b8-7+/t9-/m1/s1. The molecule has 0 heterocycles. The Balaban J connectivity index is 2.76. The van der Waals surface area contributed by atoms with Crippen LogP contribution >= 0.6 is 0 Å². The van der Waals surface area contributed by atoms with Gasteiger partial charge in [-0.25, -0.2) is 9.59 Å². The number of para-hydroxylation sites is 1. The minimum absolute atomic E-state index is 0.457. The van der Waals surface area contributed by atoms with Gasteiger partial charge < -0.3 is 19.9 Å². The van der Waals surface area contributed by atoms with Crippen LogP contribution in [0.1, 0.15) is 12.5 Å². The van der Waals surface area contributed by atoms with E-state index in [4.69, 9.17) is 19.9 Å². The van der Waals surface area contributed by atoms with Gasteiger partial charge in [-0.3, -0.25) is 10.1 Å². The number of primary amides is 1. The van der Waals surface area contributed by atoms with Crippen molar-refractivity contribution >= 4 is 24.0 Å². The SMILES string of the molecule is COc1cccc(/C=C/C(=O)O[C@H](C)C(=O)NC(N)=O)c1OC. The molecule has 23 heavy (non-hydrogen) atoms. The first-order valence-electron chi connectivity index (χ1n) is 6.59. The quantitative estimate of drug-likeness (QED) is 0.592. The van der Waals surface area contributed by atoms with E-state index in [2.05, 4.69) is 0 Å². The second-order valence-electron chi connectivity index (χ2n) is 4.35. The number of amides is 3. The molecule has 0 aliphatic heterocycles. The lowest BCUT2D eigenvalue weighted by Gasteiger charge is -2.11. The van der Waals surface area contributed by atoms with E-state index in [-0.39, 0.29) is 0 Å².